The van der Waals surface area contributed by atoms with E-state index in [1.54, 1.807) is 12.1 Å². The summed E-state index contributed by atoms with van der Waals surface area (Å²) in [6.07, 6.45) is -0.721. The van der Waals surface area contributed by atoms with Crippen molar-refractivity contribution in [1.29, 1.82) is 0 Å². The topological polar surface area (TPSA) is 67.9 Å². The quantitative estimate of drug-likeness (QED) is 0.887. The van der Waals surface area contributed by atoms with Crippen molar-refractivity contribution >= 4 is 11.8 Å². The van der Waals surface area contributed by atoms with Crippen molar-refractivity contribution in [3.8, 4) is 11.5 Å². The predicted octanol–water partition coefficient (Wildman–Crippen LogP) is 1.20. The van der Waals surface area contributed by atoms with Crippen LogP contribution in [-0.2, 0) is 9.59 Å². The second kappa shape index (κ2) is 7.15. The molecule has 2 amide bonds. The summed E-state index contributed by atoms with van der Waals surface area (Å²) in [7, 11) is 0. The van der Waals surface area contributed by atoms with Crippen molar-refractivity contribution in [2.75, 3.05) is 19.7 Å². The van der Waals surface area contributed by atoms with Crippen LogP contribution in [0, 0.1) is 0 Å². The van der Waals surface area contributed by atoms with Gasteiger partial charge in [-0.15, -0.1) is 0 Å². The Morgan fingerprint density at radius 2 is 2.00 bits per heavy atom. The van der Waals surface area contributed by atoms with Gasteiger partial charge in [0.25, 0.3) is 5.91 Å². The van der Waals surface area contributed by atoms with Crippen molar-refractivity contribution in [3.63, 3.8) is 0 Å². The van der Waals surface area contributed by atoms with Gasteiger partial charge in [0.15, 0.2) is 11.5 Å². The zero-order valence-corrected chi connectivity index (χ0v) is 13.2. The molecule has 120 valence electrons. The zero-order chi connectivity index (χ0) is 16.1. The SMILES string of the molecule is CCN(CC(=O)NC(C)C)C(=O)C1COc2ccccc2O1. The molecule has 1 unspecified atom stereocenters. The van der Waals surface area contributed by atoms with Crippen LogP contribution in [-0.4, -0.2) is 48.6 Å². The third kappa shape index (κ3) is 3.90. The van der Waals surface area contributed by atoms with Crippen molar-refractivity contribution in [3.05, 3.63) is 24.3 Å². The van der Waals surface area contributed by atoms with Gasteiger partial charge in [-0.25, -0.2) is 0 Å². The first-order chi connectivity index (χ1) is 10.5. The summed E-state index contributed by atoms with van der Waals surface area (Å²) in [5.41, 5.74) is 0. The summed E-state index contributed by atoms with van der Waals surface area (Å²) < 4.78 is 11.2. The molecule has 0 radical (unpaired) electrons. The molecule has 0 saturated carbocycles. The van der Waals surface area contributed by atoms with E-state index in [9.17, 15) is 9.59 Å². The summed E-state index contributed by atoms with van der Waals surface area (Å²) in [6, 6.07) is 7.27. The molecular formula is C16H22N2O4. The number of para-hydroxylation sites is 2. The Kier molecular flexibility index (Phi) is 5.25. The van der Waals surface area contributed by atoms with E-state index in [0.29, 0.717) is 18.0 Å². The largest absolute Gasteiger partial charge is 0.485 e. The number of benzene rings is 1. The molecule has 1 aromatic rings. The number of carbonyl (C=O) groups is 2. The number of fused-ring (bicyclic) bond motifs is 1. The molecule has 1 heterocycles. The number of amides is 2. The summed E-state index contributed by atoms with van der Waals surface area (Å²) in [6.45, 7) is 6.20. The van der Waals surface area contributed by atoms with Crippen LogP contribution < -0.4 is 14.8 Å². The molecule has 1 atom stereocenters. The molecule has 1 aromatic carbocycles. The molecule has 6 nitrogen and oxygen atoms in total. The maximum absolute atomic E-state index is 12.5. The van der Waals surface area contributed by atoms with Gasteiger partial charge in [0.2, 0.25) is 12.0 Å². The summed E-state index contributed by atoms with van der Waals surface area (Å²) in [5, 5.41) is 2.78. The Balaban J connectivity index is 1.99. The number of hydrogen-bond acceptors (Lipinski definition) is 4. The van der Waals surface area contributed by atoms with E-state index in [4.69, 9.17) is 9.47 Å². The third-order valence-electron chi connectivity index (χ3n) is 3.26. The molecule has 0 saturated heterocycles. The highest BCUT2D eigenvalue weighted by Crippen LogP contribution is 2.31. The Hall–Kier alpha value is -2.24. The smallest absolute Gasteiger partial charge is 0.267 e. The van der Waals surface area contributed by atoms with Gasteiger partial charge in [-0.2, -0.15) is 0 Å². The number of ether oxygens (including phenoxy) is 2. The van der Waals surface area contributed by atoms with Crippen LogP contribution in [0.1, 0.15) is 20.8 Å². The van der Waals surface area contributed by atoms with E-state index < -0.39 is 6.10 Å². The second-order valence-electron chi connectivity index (χ2n) is 5.44. The lowest BCUT2D eigenvalue weighted by Gasteiger charge is -2.30. The fraction of sp³-hybridized carbons (Fsp3) is 0.500. The minimum Gasteiger partial charge on any atom is -0.485 e. The first kappa shape index (κ1) is 16.1. The average molecular weight is 306 g/mol. The maximum atomic E-state index is 12.5. The summed E-state index contributed by atoms with van der Waals surface area (Å²) >= 11 is 0. The Bertz CT molecular complexity index is 545. The molecule has 0 spiro atoms. The highest BCUT2D eigenvalue weighted by atomic mass is 16.6. The number of rotatable bonds is 5. The highest BCUT2D eigenvalue weighted by molar-refractivity contribution is 5.87. The molecule has 0 aromatic heterocycles. The van der Waals surface area contributed by atoms with Crippen LogP contribution in [0.5, 0.6) is 11.5 Å². The second-order valence-corrected chi connectivity index (χ2v) is 5.44. The third-order valence-corrected chi connectivity index (χ3v) is 3.26. The molecule has 1 aliphatic rings. The lowest BCUT2D eigenvalue weighted by Crippen LogP contribution is -2.50. The predicted molar refractivity (Wildman–Crippen MR) is 81.9 cm³/mol. The van der Waals surface area contributed by atoms with Gasteiger partial charge >= 0.3 is 0 Å². The van der Waals surface area contributed by atoms with Crippen molar-refractivity contribution in [2.45, 2.75) is 32.9 Å². The van der Waals surface area contributed by atoms with E-state index in [1.807, 2.05) is 32.9 Å². The molecule has 2 rings (SSSR count). The standard InChI is InChI=1S/C16H22N2O4/c1-4-18(9-15(19)17-11(2)3)16(20)14-10-21-12-7-5-6-8-13(12)22-14/h5-8,11,14H,4,9-10H2,1-3H3,(H,17,19). The van der Waals surface area contributed by atoms with E-state index in [2.05, 4.69) is 5.32 Å². The van der Waals surface area contributed by atoms with Crippen LogP contribution in [0.25, 0.3) is 0 Å². The normalized spacial score (nSPS) is 16.3. The molecule has 6 heteroatoms. The van der Waals surface area contributed by atoms with Gasteiger partial charge in [0.1, 0.15) is 6.61 Å². The number of hydrogen-bond donors (Lipinski definition) is 1. The van der Waals surface area contributed by atoms with Crippen LogP contribution in [0.3, 0.4) is 0 Å². The zero-order valence-electron chi connectivity index (χ0n) is 13.2. The van der Waals surface area contributed by atoms with Gasteiger partial charge in [0, 0.05) is 12.6 Å². The maximum Gasteiger partial charge on any atom is 0.267 e. The van der Waals surface area contributed by atoms with Gasteiger partial charge in [-0.1, -0.05) is 12.1 Å². The van der Waals surface area contributed by atoms with E-state index in [-0.39, 0.29) is 31.0 Å². The number of carbonyl (C=O) groups excluding carboxylic acids is 2. The van der Waals surface area contributed by atoms with Crippen molar-refractivity contribution < 1.29 is 19.1 Å². The number of nitrogens with one attached hydrogen (secondary N) is 1. The fourth-order valence-corrected chi connectivity index (χ4v) is 2.23. The molecule has 1 aliphatic heterocycles. The molecular weight excluding hydrogens is 284 g/mol. The van der Waals surface area contributed by atoms with Gasteiger partial charge in [0.05, 0.1) is 6.54 Å². The van der Waals surface area contributed by atoms with Crippen LogP contribution in [0.2, 0.25) is 0 Å². The first-order valence-corrected chi connectivity index (χ1v) is 7.48. The molecule has 1 N–H and O–H groups in total. The van der Waals surface area contributed by atoms with Crippen LogP contribution in [0.15, 0.2) is 24.3 Å². The molecule has 0 aliphatic carbocycles. The summed E-state index contributed by atoms with van der Waals surface area (Å²) in [5.74, 6) is 0.764. The molecule has 0 fully saturated rings. The lowest BCUT2D eigenvalue weighted by atomic mass is 10.2. The average Bonchev–Trinajstić information content (AvgIpc) is 2.50. The van der Waals surface area contributed by atoms with E-state index in [0.717, 1.165) is 0 Å². The fourth-order valence-electron chi connectivity index (χ4n) is 2.23. The van der Waals surface area contributed by atoms with Crippen LogP contribution in [0.4, 0.5) is 0 Å². The van der Waals surface area contributed by atoms with Gasteiger partial charge in [-0.05, 0) is 32.9 Å². The number of likely N-dealkylation sites (N-methyl/N-ethyl adjacent to an activating group) is 1. The van der Waals surface area contributed by atoms with Gasteiger partial charge in [-0.3, -0.25) is 9.59 Å². The minimum atomic E-state index is -0.721. The molecule has 22 heavy (non-hydrogen) atoms. The first-order valence-electron chi connectivity index (χ1n) is 7.48. The van der Waals surface area contributed by atoms with Gasteiger partial charge < -0.3 is 19.7 Å². The summed E-state index contributed by atoms with van der Waals surface area (Å²) in [4.78, 5) is 25.8. The monoisotopic (exact) mass is 306 g/mol. The Labute approximate surface area is 130 Å². The highest BCUT2D eigenvalue weighted by Gasteiger charge is 2.31. The lowest BCUT2D eigenvalue weighted by molar-refractivity contribution is -0.144. The van der Waals surface area contributed by atoms with E-state index in [1.165, 1.54) is 4.90 Å². The van der Waals surface area contributed by atoms with Crippen LogP contribution >= 0.6 is 0 Å². The van der Waals surface area contributed by atoms with E-state index >= 15 is 0 Å². The minimum absolute atomic E-state index is 0.0228. The van der Waals surface area contributed by atoms with Crippen molar-refractivity contribution in [1.82, 2.24) is 10.2 Å². The molecule has 0 bridgehead atoms. The Morgan fingerprint density at radius 3 is 2.64 bits per heavy atom. The number of nitrogens with zero attached hydrogens (tertiary/aromatic N) is 1. The Morgan fingerprint density at radius 1 is 1.32 bits per heavy atom. The van der Waals surface area contributed by atoms with Crippen molar-refractivity contribution in [2.24, 2.45) is 0 Å².